The van der Waals surface area contributed by atoms with E-state index in [2.05, 4.69) is 38.9 Å². The molecule has 20 heavy (non-hydrogen) atoms. The van der Waals surface area contributed by atoms with Crippen molar-refractivity contribution >= 4 is 23.0 Å². The van der Waals surface area contributed by atoms with E-state index in [1.165, 1.54) is 11.9 Å². The number of rotatable bonds is 4. The summed E-state index contributed by atoms with van der Waals surface area (Å²) in [7, 11) is 3.75. The van der Waals surface area contributed by atoms with Crippen LogP contribution in [0, 0.1) is 13.8 Å². The van der Waals surface area contributed by atoms with E-state index >= 15 is 0 Å². The van der Waals surface area contributed by atoms with E-state index in [0.29, 0.717) is 17.3 Å². The predicted molar refractivity (Wildman–Crippen MR) is 83.0 cm³/mol. The second-order valence-electron chi connectivity index (χ2n) is 4.93. The molecular weight excluding hydrogens is 252 g/mol. The van der Waals surface area contributed by atoms with Gasteiger partial charge in [-0.15, -0.1) is 0 Å². The third-order valence-electron chi connectivity index (χ3n) is 2.86. The molecule has 0 aliphatic carbocycles. The van der Waals surface area contributed by atoms with Gasteiger partial charge in [0.1, 0.15) is 12.0 Å². The molecule has 4 N–H and O–H groups in total. The summed E-state index contributed by atoms with van der Waals surface area (Å²) in [6.07, 6.45) is 1.48. The lowest BCUT2D eigenvalue weighted by molar-refractivity contribution is 0.492. The second kappa shape index (κ2) is 5.75. The lowest BCUT2D eigenvalue weighted by Gasteiger charge is -2.17. The molecule has 6 nitrogen and oxygen atoms in total. The Bertz CT molecular complexity index is 609. The Morgan fingerprint density at radius 3 is 2.50 bits per heavy atom. The molecule has 0 unspecified atom stereocenters. The molecular formula is C14H20N6. The van der Waals surface area contributed by atoms with Crippen LogP contribution in [-0.4, -0.2) is 29.1 Å². The Morgan fingerprint density at radius 1 is 1.10 bits per heavy atom. The molecule has 2 aromatic rings. The molecule has 1 aromatic carbocycles. The number of aromatic nitrogens is 2. The number of aryl methyl sites for hydroxylation is 2. The average molecular weight is 272 g/mol. The van der Waals surface area contributed by atoms with Gasteiger partial charge in [0.25, 0.3) is 0 Å². The maximum absolute atomic E-state index is 6.09. The SMILES string of the molecule is Cc1ccc(C)c(Nc2ncnc(NN(C)C)c2N)c1. The van der Waals surface area contributed by atoms with Crippen LogP contribution >= 0.6 is 0 Å². The summed E-state index contributed by atoms with van der Waals surface area (Å²) in [6.45, 7) is 4.09. The first-order valence-electron chi connectivity index (χ1n) is 6.36. The first kappa shape index (κ1) is 14.1. The van der Waals surface area contributed by atoms with Crippen molar-refractivity contribution in [1.29, 1.82) is 0 Å². The summed E-state index contributed by atoms with van der Waals surface area (Å²) < 4.78 is 0. The van der Waals surface area contributed by atoms with Crippen LogP contribution in [0.2, 0.25) is 0 Å². The molecule has 0 aliphatic heterocycles. The first-order valence-corrected chi connectivity index (χ1v) is 6.36. The average Bonchev–Trinajstić information content (AvgIpc) is 2.38. The minimum absolute atomic E-state index is 0.488. The summed E-state index contributed by atoms with van der Waals surface area (Å²) in [4.78, 5) is 8.34. The molecule has 0 saturated carbocycles. The van der Waals surface area contributed by atoms with Crippen molar-refractivity contribution in [3.05, 3.63) is 35.7 Å². The monoisotopic (exact) mass is 272 g/mol. The van der Waals surface area contributed by atoms with Crippen LogP contribution in [0.1, 0.15) is 11.1 Å². The highest BCUT2D eigenvalue weighted by Gasteiger charge is 2.09. The van der Waals surface area contributed by atoms with Crippen LogP contribution in [0.4, 0.5) is 23.0 Å². The zero-order chi connectivity index (χ0) is 14.7. The van der Waals surface area contributed by atoms with Crippen molar-refractivity contribution in [1.82, 2.24) is 15.0 Å². The van der Waals surface area contributed by atoms with E-state index in [4.69, 9.17) is 5.73 Å². The van der Waals surface area contributed by atoms with Crippen LogP contribution in [-0.2, 0) is 0 Å². The molecule has 2 rings (SSSR count). The van der Waals surface area contributed by atoms with Gasteiger partial charge in [-0.2, -0.15) is 0 Å². The molecule has 0 spiro atoms. The summed E-state index contributed by atoms with van der Waals surface area (Å²) in [5.74, 6) is 1.18. The lowest BCUT2D eigenvalue weighted by atomic mass is 10.1. The molecule has 0 bridgehead atoms. The van der Waals surface area contributed by atoms with E-state index in [1.54, 1.807) is 5.01 Å². The van der Waals surface area contributed by atoms with E-state index in [-0.39, 0.29) is 0 Å². The Hall–Kier alpha value is -2.34. The Balaban J connectivity index is 2.32. The van der Waals surface area contributed by atoms with Gasteiger partial charge in [-0.3, -0.25) is 0 Å². The molecule has 1 heterocycles. The smallest absolute Gasteiger partial charge is 0.169 e. The molecule has 1 aromatic heterocycles. The van der Waals surface area contributed by atoms with Gasteiger partial charge < -0.3 is 16.5 Å². The number of nitrogens with one attached hydrogen (secondary N) is 2. The van der Waals surface area contributed by atoms with E-state index in [9.17, 15) is 0 Å². The van der Waals surface area contributed by atoms with Gasteiger partial charge in [-0.1, -0.05) is 12.1 Å². The molecule has 0 atom stereocenters. The normalized spacial score (nSPS) is 10.7. The van der Waals surface area contributed by atoms with E-state index in [0.717, 1.165) is 11.3 Å². The van der Waals surface area contributed by atoms with Crippen LogP contribution < -0.4 is 16.5 Å². The summed E-state index contributed by atoms with van der Waals surface area (Å²) in [6, 6.07) is 6.20. The zero-order valence-corrected chi connectivity index (χ0v) is 12.2. The summed E-state index contributed by atoms with van der Waals surface area (Å²) >= 11 is 0. The van der Waals surface area contributed by atoms with Gasteiger partial charge in [-0.05, 0) is 31.0 Å². The third kappa shape index (κ3) is 3.16. The van der Waals surface area contributed by atoms with Crippen molar-refractivity contribution in [2.24, 2.45) is 0 Å². The van der Waals surface area contributed by atoms with Crippen molar-refractivity contribution < 1.29 is 0 Å². The minimum Gasteiger partial charge on any atom is -0.393 e. The molecule has 0 radical (unpaired) electrons. The second-order valence-corrected chi connectivity index (χ2v) is 4.93. The molecule has 106 valence electrons. The zero-order valence-electron chi connectivity index (χ0n) is 12.2. The predicted octanol–water partition coefficient (Wildman–Crippen LogP) is 2.31. The number of nitrogens with zero attached hydrogens (tertiary/aromatic N) is 3. The quantitative estimate of drug-likeness (QED) is 0.741. The number of nitrogen functional groups attached to an aromatic ring is 1. The molecule has 0 saturated heterocycles. The first-order chi connectivity index (χ1) is 9.47. The van der Waals surface area contributed by atoms with Gasteiger partial charge in [0.2, 0.25) is 0 Å². The Kier molecular flexibility index (Phi) is 4.05. The minimum atomic E-state index is 0.488. The standard InChI is InChI=1S/C14H20N6/c1-9-5-6-10(2)11(7-9)18-13-12(15)14(17-8-16-13)19-20(3)4/h5-8H,15H2,1-4H3,(H2,16,17,18,19). The Labute approximate surface area is 119 Å². The van der Waals surface area contributed by atoms with Gasteiger partial charge in [-0.25, -0.2) is 15.0 Å². The number of anilines is 4. The summed E-state index contributed by atoms with van der Waals surface area (Å²) in [5.41, 5.74) is 12.9. The fourth-order valence-electron chi connectivity index (χ4n) is 1.79. The summed E-state index contributed by atoms with van der Waals surface area (Å²) in [5, 5.41) is 5.04. The Morgan fingerprint density at radius 2 is 1.80 bits per heavy atom. The van der Waals surface area contributed by atoms with Gasteiger partial charge >= 0.3 is 0 Å². The van der Waals surface area contributed by atoms with Crippen molar-refractivity contribution in [2.75, 3.05) is 30.6 Å². The largest absolute Gasteiger partial charge is 0.393 e. The number of hydrogen-bond acceptors (Lipinski definition) is 6. The molecule has 6 heteroatoms. The fourth-order valence-corrected chi connectivity index (χ4v) is 1.79. The highest BCUT2D eigenvalue weighted by atomic mass is 15.5. The van der Waals surface area contributed by atoms with Crippen LogP contribution in [0.5, 0.6) is 0 Å². The highest BCUT2D eigenvalue weighted by molar-refractivity contribution is 5.78. The lowest BCUT2D eigenvalue weighted by Crippen LogP contribution is -2.21. The number of hydrogen-bond donors (Lipinski definition) is 3. The van der Waals surface area contributed by atoms with Crippen LogP contribution in [0.25, 0.3) is 0 Å². The van der Waals surface area contributed by atoms with Gasteiger partial charge in [0.05, 0.1) is 0 Å². The van der Waals surface area contributed by atoms with E-state index < -0.39 is 0 Å². The van der Waals surface area contributed by atoms with Crippen molar-refractivity contribution in [2.45, 2.75) is 13.8 Å². The highest BCUT2D eigenvalue weighted by Crippen LogP contribution is 2.27. The third-order valence-corrected chi connectivity index (χ3v) is 2.86. The van der Waals surface area contributed by atoms with Crippen LogP contribution in [0.15, 0.2) is 24.5 Å². The molecule has 0 aliphatic rings. The maximum Gasteiger partial charge on any atom is 0.169 e. The molecule has 0 fully saturated rings. The number of hydrazine groups is 1. The van der Waals surface area contributed by atoms with E-state index in [1.807, 2.05) is 27.9 Å². The number of nitrogens with two attached hydrogens (primary N) is 1. The fraction of sp³-hybridized carbons (Fsp3) is 0.286. The number of benzene rings is 1. The maximum atomic E-state index is 6.09. The van der Waals surface area contributed by atoms with Gasteiger partial charge in [0, 0.05) is 19.8 Å². The van der Waals surface area contributed by atoms with Crippen molar-refractivity contribution in [3.63, 3.8) is 0 Å². The van der Waals surface area contributed by atoms with Crippen LogP contribution in [0.3, 0.4) is 0 Å². The van der Waals surface area contributed by atoms with Crippen molar-refractivity contribution in [3.8, 4) is 0 Å². The topological polar surface area (TPSA) is 79.1 Å². The molecule has 0 amide bonds. The van der Waals surface area contributed by atoms with Gasteiger partial charge in [0.15, 0.2) is 11.6 Å².